The second-order valence-corrected chi connectivity index (χ2v) is 3.25. The molecule has 0 aromatic heterocycles. The van der Waals surface area contributed by atoms with Gasteiger partial charge >= 0.3 is 5.97 Å². The zero-order chi connectivity index (χ0) is 11.3. The van der Waals surface area contributed by atoms with Gasteiger partial charge in [-0.05, 0) is 24.6 Å². The fourth-order valence-electron chi connectivity index (χ4n) is 1.06. The van der Waals surface area contributed by atoms with Gasteiger partial charge in [0.2, 0.25) is 0 Å². The minimum absolute atomic E-state index is 0.485. The fourth-order valence-corrected chi connectivity index (χ4v) is 1.06. The van der Waals surface area contributed by atoms with Crippen LogP contribution in [-0.4, -0.2) is 17.1 Å². The first kappa shape index (κ1) is 11.2. The van der Waals surface area contributed by atoms with Crippen LogP contribution in [0.4, 0.5) is 0 Å². The van der Waals surface area contributed by atoms with Crippen LogP contribution in [0.2, 0.25) is 0 Å². The maximum absolute atomic E-state index is 10.5. The van der Waals surface area contributed by atoms with E-state index in [1.807, 2.05) is 6.07 Å². The summed E-state index contributed by atoms with van der Waals surface area (Å²) >= 11 is 0. The Hall–Kier alpha value is -1.86. The molecule has 4 nitrogen and oxygen atoms in total. The van der Waals surface area contributed by atoms with Gasteiger partial charge in [-0.3, -0.25) is 4.79 Å². The van der Waals surface area contributed by atoms with E-state index in [-0.39, 0.29) is 0 Å². The average molecular weight is 204 g/mol. The zero-order valence-electron chi connectivity index (χ0n) is 8.40. The summed E-state index contributed by atoms with van der Waals surface area (Å²) in [4.78, 5) is 10.5. The predicted molar refractivity (Wildman–Crippen MR) is 55.1 cm³/mol. The summed E-state index contributed by atoms with van der Waals surface area (Å²) in [5.74, 6) is -0.872. The van der Waals surface area contributed by atoms with Gasteiger partial charge in [0.05, 0.1) is 11.6 Å². The third-order valence-electron chi connectivity index (χ3n) is 2.07. The van der Waals surface area contributed by atoms with E-state index < -0.39 is 12.0 Å². The predicted octanol–water partition coefficient (Wildman–Crippen LogP) is 1.12. The summed E-state index contributed by atoms with van der Waals surface area (Å²) in [6.07, 6.45) is 0. The number of nitriles is 1. The lowest BCUT2D eigenvalue weighted by Crippen LogP contribution is -2.33. The quantitative estimate of drug-likeness (QED) is 0.770. The minimum Gasteiger partial charge on any atom is -0.480 e. The van der Waals surface area contributed by atoms with Gasteiger partial charge in [0.25, 0.3) is 0 Å². The Morgan fingerprint density at radius 1 is 1.53 bits per heavy atom. The Morgan fingerprint density at radius 2 is 2.13 bits per heavy atom. The number of carboxylic acid groups (broad SMARTS) is 1. The summed E-state index contributed by atoms with van der Waals surface area (Å²) in [7, 11) is 0. The molecule has 0 heterocycles. The van der Waals surface area contributed by atoms with Crippen molar-refractivity contribution in [2.24, 2.45) is 0 Å². The Bertz CT molecular complexity index is 379. The van der Waals surface area contributed by atoms with Gasteiger partial charge in [0.15, 0.2) is 0 Å². The second kappa shape index (κ2) is 5.13. The molecule has 1 unspecified atom stereocenters. The van der Waals surface area contributed by atoms with E-state index in [1.54, 1.807) is 31.2 Å². The van der Waals surface area contributed by atoms with Crippen LogP contribution in [0.1, 0.15) is 18.1 Å². The van der Waals surface area contributed by atoms with E-state index in [4.69, 9.17) is 10.4 Å². The molecule has 0 saturated heterocycles. The summed E-state index contributed by atoms with van der Waals surface area (Å²) in [6, 6.07) is 8.49. The molecule has 0 spiro atoms. The zero-order valence-corrected chi connectivity index (χ0v) is 8.40. The third-order valence-corrected chi connectivity index (χ3v) is 2.07. The van der Waals surface area contributed by atoms with Crippen LogP contribution in [0, 0.1) is 11.3 Å². The van der Waals surface area contributed by atoms with Crippen molar-refractivity contribution >= 4 is 5.97 Å². The molecule has 15 heavy (non-hydrogen) atoms. The monoisotopic (exact) mass is 204 g/mol. The molecule has 4 heteroatoms. The van der Waals surface area contributed by atoms with E-state index in [0.29, 0.717) is 12.1 Å². The second-order valence-electron chi connectivity index (χ2n) is 3.25. The van der Waals surface area contributed by atoms with E-state index in [0.717, 1.165) is 5.56 Å². The van der Waals surface area contributed by atoms with Crippen molar-refractivity contribution in [2.75, 3.05) is 0 Å². The van der Waals surface area contributed by atoms with Crippen molar-refractivity contribution in [3.05, 3.63) is 35.4 Å². The Labute approximate surface area is 88.2 Å². The van der Waals surface area contributed by atoms with Crippen molar-refractivity contribution in [1.82, 2.24) is 5.32 Å². The largest absolute Gasteiger partial charge is 0.480 e. The molecule has 2 N–H and O–H groups in total. The molecule has 0 aliphatic rings. The summed E-state index contributed by atoms with van der Waals surface area (Å²) in [6.45, 7) is 2.07. The van der Waals surface area contributed by atoms with Gasteiger partial charge in [-0.2, -0.15) is 5.26 Å². The highest BCUT2D eigenvalue weighted by Crippen LogP contribution is 2.03. The van der Waals surface area contributed by atoms with Gasteiger partial charge in [-0.1, -0.05) is 12.1 Å². The molecule has 0 radical (unpaired) electrons. The van der Waals surface area contributed by atoms with Gasteiger partial charge in [0.1, 0.15) is 6.04 Å². The molecule has 0 aliphatic heterocycles. The van der Waals surface area contributed by atoms with Crippen molar-refractivity contribution in [1.29, 1.82) is 5.26 Å². The number of hydrogen-bond acceptors (Lipinski definition) is 3. The number of aliphatic carboxylic acids is 1. The minimum atomic E-state index is -0.872. The maximum atomic E-state index is 10.5. The van der Waals surface area contributed by atoms with Crippen LogP contribution in [0.3, 0.4) is 0 Å². The van der Waals surface area contributed by atoms with Crippen LogP contribution in [0.5, 0.6) is 0 Å². The standard InChI is InChI=1S/C11H12N2O2/c1-8(11(14)15)13-7-10-4-2-9(6-12)3-5-10/h2-5,8,13H,7H2,1H3,(H,14,15). The molecule has 0 amide bonds. The van der Waals surface area contributed by atoms with Crippen LogP contribution >= 0.6 is 0 Å². The number of nitrogens with zero attached hydrogens (tertiary/aromatic N) is 1. The highest BCUT2D eigenvalue weighted by atomic mass is 16.4. The first-order valence-corrected chi connectivity index (χ1v) is 4.58. The molecule has 78 valence electrons. The summed E-state index contributed by atoms with van der Waals surface area (Å²) in [5.41, 5.74) is 1.56. The van der Waals surface area contributed by atoms with E-state index in [1.165, 1.54) is 0 Å². The molecule has 1 aromatic rings. The smallest absolute Gasteiger partial charge is 0.320 e. The average Bonchev–Trinajstić information content (AvgIpc) is 2.26. The lowest BCUT2D eigenvalue weighted by atomic mass is 10.1. The number of carboxylic acids is 1. The van der Waals surface area contributed by atoms with Crippen LogP contribution in [0.25, 0.3) is 0 Å². The van der Waals surface area contributed by atoms with Crippen molar-refractivity contribution in [3.63, 3.8) is 0 Å². The Kier molecular flexibility index (Phi) is 3.83. The topological polar surface area (TPSA) is 73.1 Å². The van der Waals surface area contributed by atoms with Gasteiger partial charge in [0, 0.05) is 6.54 Å². The van der Waals surface area contributed by atoms with Crippen molar-refractivity contribution < 1.29 is 9.90 Å². The highest BCUT2D eigenvalue weighted by Gasteiger charge is 2.08. The van der Waals surface area contributed by atoms with E-state index in [2.05, 4.69) is 5.32 Å². The summed E-state index contributed by atoms with van der Waals surface area (Å²) in [5, 5.41) is 20.1. The molecule has 0 saturated carbocycles. The lowest BCUT2D eigenvalue weighted by Gasteiger charge is -2.08. The lowest BCUT2D eigenvalue weighted by molar-refractivity contribution is -0.139. The van der Waals surface area contributed by atoms with Gasteiger partial charge in [-0.15, -0.1) is 0 Å². The molecule has 0 fully saturated rings. The number of carbonyl (C=O) groups is 1. The number of hydrogen-bond donors (Lipinski definition) is 2. The number of nitrogens with one attached hydrogen (secondary N) is 1. The van der Waals surface area contributed by atoms with Gasteiger partial charge < -0.3 is 10.4 Å². The van der Waals surface area contributed by atoms with Crippen LogP contribution in [-0.2, 0) is 11.3 Å². The third kappa shape index (κ3) is 3.41. The van der Waals surface area contributed by atoms with E-state index in [9.17, 15) is 4.79 Å². The van der Waals surface area contributed by atoms with Gasteiger partial charge in [-0.25, -0.2) is 0 Å². The molecule has 1 atom stereocenters. The SMILES string of the molecule is CC(NCc1ccc(C#N)cc1)C(=O)O. The Morgan fingerprint density at radius 3 is 2.60 bits per heavy atom. The molecule has 0 bridgehead atoms. The Balaban J connectivity index is 2.52. The fraction of sp³-hybridized carbons (Fsp3) is 0.273. The first-order valence-electron chi connectivity index (χ1n) is 4.58. The summed E-state index contributed by atoms with van der Waals surface area (Å²) < 4.78 is 0. The van der Waals surface area contributed by atoms with E-state index >= 15 is 0 Å². The maximum Gasteiger partial charge on any atom is 0.320 e. The molecule has 1 aromatic carbocycles. The highest BCUT2D eigenvalue weighted by molar-refractivity contribution is 5.72. The molecule has 1 rings (SSSR count). The van der Waals surface area contributed by atoms with Crippen LogP contribution in [0.15, 0.2) is 24.3 Å². The van der Waals surface area contributed by atoms with Crippen LogP contribution < -0.4 is 5.32 Å². The molecule has 0 aliphatic carbocycles. The number of benzene rings is 1. The number of rotatable bonds is 4. The molecular weight excluding hydrogens is 192 g/mol. The normalized spacial score (nSPS) is 11.7. The first-order chi connectivity index (χ1) is 7.13. The molecular formula is C11H12N2O2. The van der Waals surface area contributed by atoms with Crippen molar-refractivity contribution in [2.45, 2.75) is 19.5 Å². The van der Waals surface area contributed by atoms with Crippen molar-refractivity contribution in [3.8, 4) is 6.07 Å².